The van der Waals surface area contributed by atoms with Gasteiger partial charge in [-0.3, -0.25) is 5.43 Å². The maximum Gasteiger partial charge on any atom is 0.149 e. The van der Waals surface area contributed by atoms with Gasteiger partial charge in [0.05, 0.1) is 18.1 Å². The van der Waals surface area contributed by atoms with E-state index in [1.807, 2.05) is 63.2 Å². The number of para-hydroxylation sites is 1. The van der Waals surface area contributed by atoms with Crippen molar-refractivity contribution in [1.29, 1.82) is 0 Å². The Hall–Kier alpha value is -4.11. The standard InChI is InChI=1S/C28H37N7O2/c1-7-37-17-22-14-21(16-30-26-15-27(35(5)6)32-20(4)31-26)12-13-23(22)24-10-8-9-11-25(24)33-34-28(29)18(2)19(3)36/h8-15,33,36H,7,16-17H2,1-6H3,(H2,29,34)(H,30,31,32)/b19-18-. The van der Waals surface area contributed by atoms with Crippen LogP contribution in [0, 0.1) is 6.92 Å². The van der Waals surface area contributed by atoms with Gasteiger partial charge in [-0.25, -0.2) is 9.97 Å². The Labute approximate surface area is 219 Å². The molecule has 3 aromatic rings. The van der Waals surface area contributed by atoms with Crippen molar-refractivity contribution in [3.8, 4) is 11.1 Å². The average molecular weight is 504 g/mol. The lowest BCUT2D eigenvalue weighted by Gasteiger charge is -2.17. The topological polar surface area (TPSA) is 121 Å². The molecule has 9 heteroatoms. The summed E-state index contributed by atoms with van der Waals surface area (Å²) in [6.07, 6.45) is 0. The van der Waals surface area contributed by atoms with Gasteiger partial charge in [0.2, 0.25) is 0 Å². The van der Waals surface area contributed by atoms with Gasteiger partial charge in [-0.2, -0.15) is 5.10 Å². The summed E-state index contributed by atoms with van der Waals surface area (Å²) in [4.78, 5) is 10.9. The van der Waals surface area contributed by atoms with E-state index in [9.17, 15) is 5.11 Å². The molecule has 9 nitrogen and oxygen atoms in total. The number of anilines is 3. The van der Waals surface area contributed by atoms with Crippen LogP contribution in [-0.2, 0) is 17.9 Å². The molecule has 0 aliphatic carbocycles. The second-order valence-corrected chi connectivity index (χ2v) is 8.90. The maximum absolute atomic E-state index is 9.70. The number of amidine groups is 1. The number of aromatic nitrogens is 2. The third kappa shape index (κ3) is 7.44. The van der Waals surface area contributed by atoms with Crippen molar-refractivity contribution in [3.63, 3.8) is 0 Å². The van der Waals surface area contributed by atoms with Crippen LogP contribution in [0.25, 0.3) is 11.1 Å². The minimum atomic E-state index is 0.134. The molecule has 0 radical (unpaired) electrons. The Kier molecular flexibility index (Phi) is 9.45. The Morgan fingerprint density at radius 2 is 1.84 bits per heavy atom. The number of nitrogens with two attached hydrogens (primary N) is 1. The van der Waals surface area contributed by atoms with Crippen LogP contribution in [0.4, 0.5) is 17.3 Å². The zero-order valence-electron chi connectivity index (χ0n) is 22.5. The van der Waals surface area contributed by atoms with E-state index in [1.54, 1.807) is 13.8 Å². The second-order valence-electron chi connectivity index (χ2n) is 8.90. The molecule has 196 valence electrons. The van der Waals surface area contributed by atoms with Crippen LogP contribution in [0.15, 0.2) is 65.0 Å². The summed E-state index contributed by atoms with van der Waals surface area (Å²) in [5, 5.41) is 17.4. The Balaban J connectivity index is 1.90. The third-order valence-corrected chi connectivity index (χ3v) is 5.83. The molecule has 3 rings (SSSR count). The van der Waals surface area contributed by atoms with Crippen molar-refractivity contribution in [3.05, 3.63) is 76.8 Å². The minimum absolute atomic E-state index is 0.134. The lowest BCUT2D eigenvalue weighted by molar-refractivity contribution is 0.134. The van der Waals surface area contributed by atoms with Gasteiger partial charge in [0, 0.05) is 44.4 Å². The molecule has 2 aromatic carbocycles. The largest absolute Gasteiger partial charge is 0.512 e. The predicted molar refractivity (Wildman–Crippen MR) is 152 cm³/mol. The van der Waals surface area contributed by atoms with Crippen LogP contribution < -0.4 is 21.4 Å². The molecule has 0 aliphatic heterocycles. The number of benzene rings is 2. The average Bonchev–Trinajstić information content (AvgIpc) is 2.88. The first kappa shape index (κ1) is 27.5. The minimum Gasteiger partial charge on any atom is -0.512 e. The first-order chi connectivity index (χ1) is 17.7. The SMILES string of the molecule is CCOCc1cc(CNc2cc(N(C)C)nc(C)n2)ccc1-c1ccccc1N/N=C(N)\C(C)=C(\C)O. The zero-order chi connectivity index (χ0) is 26.9. The van der Waals surface area contributed by atoms with Gasteiger partial charge in [-0.05, 0) is 50.5 Å². The quantitative estimate of drug-likeness (QED) is 0.122. The maximum atomic E-state index is 9.70. The number of nitrogens with zero attached hydrogens (tertiary/aromatic N) is 4. The van der Waals surface area contributed by atoms with Gasteiger partial charge in [0.15, 0.2) is 0 Å². The molecule has 0 atom stereocenters. The van der Waals surface area contributed by atoms with E-state index in [2.05, 4.69) is 44.0 Å². The number of aliphatic hydroxyl groups excluding tert-OH is 1. The summed E-state index contributed by atoms with van der Waals surface area (Å²) in [7, 11) is 3.92. The normalized spacial score (nSPS) is 12.2. The molecule has 0 unspecified atom stereocenters. The van der Waals surface area contributed by atoms with Crippen LogP contribution in [-0.4, -0.2) is 41.6 Å². The van der Waals surface area contributed by atoms with Gasteiger partial charge in [0.1, 0.15) is 23.3 Å². The van der Waals surface area contributed by atoms with Crippen LogP contribution in [0.1, 0.15) is 37.7 Å². The summed E-state index contributed by atoms with van der Waals surface area (Å²) < 4.78 is 5.80. The first-order valence-corrected chi connectivity index (χ1v) is 12.2. The molecule has 1 aromatic heterocycles. The van der Waals surface area contributed by atoms with E-state index in [0.717, 1.165) is 39.6 Å². The molecular weight excluding hydrogens is 466 g/mol. The molecule has 1 heterocycles. The molecule has 5 N–H and O–H groups in total. The summed E-state index contributed by atoms with van der Waals surface area (Å²) in [5.41, 5.74) is 14.6. The summed E-state index contributed by atoms with van der Waals surface area (Å²) >= 11 is 0. The van der Waals surface area contributed by atoms with Crippen LogP contribution in [0.2, 0.25) is 0 Å². The van der Waals surface area contributed by atoms with Gasteiger partial charge in [-0.15, -0.1) is 0 Å². The number of rotatable bonds is 11. The van der Waals surface area contributed by atoms with E-state index in [1.165, 1.54) is 0 Å². The molecule has 0 bridgehead atoms. The highest BCUT2D eigenvalue weighted by Gasteiger charge is 2.12. The van der Waals surface area contributed by atoms with E-state index in [0.29, 0.717) is 31.2 Å². The Bertz CT molecular complexity index is 1280. The molecule has 37 heavy (non-hydrogen) atoms. The smallest absolute Gasteiger partial charge is 0.149 e. The molecule has 0 spiro atoms. The van der Waals surface area contributed by atoms with E-state index >= 15 is 0 Å². The van der Waals surface area contributed by atoms with Crippen LogP contribution in [0.3, 0.4) is 0 Å². The lowest BCUT2D eigenvalue weighted by atomic mass is 9.96. The number of hydrazone groups is 1. The van der Waals surface area contributed by atoms with Crippen LogP contribution in [0.5, 0.6) is 0 Å². The summed E-state index contributed by atoms with van der Waals surface area (Å²) in [6, 6.07) is 16.2. The van der Waals surface area contributed by atoms with Crippen molar-refractivity contribution in [2.75, 3.05) is 36.3 Å². The number of hydrogen-bond donors (Lipinski definition) is 4. The lowest BCUT2D eigenvalue weighted by Crippen LogP contribution is -2.16. The zero-order valence-corrected chi connectivity index (χ0v) is 22.5. The molecular formula is C28H37N7O2. The van der Waals surface area contributed by atoms with Gasteiger partial charge < -0.3 is 25.8 Å². The monoisotopic (exact) mass is 503 g/mol. The molecule has 0 saturated heterocycles. The fourth-order valence-corrected chi connectivity index (χ4v) is 3.62. The van der Waals surface area contributed by atoms with Crippen molar-refractivity contribution >= 4 is 23.2 Å². The van der Waals surface area contributed by atoms with Crippen molar-refractivity contribution in [2.24, 2.45) is 10.8 Å². The van der Waals surface area contributed by atoms with Crippen LogP contribution >= 0.6 is 0 Å². The number of ether oxygens (including phenoxy) is 1. The summed E-state index contributed by atoms with van der Waals surface area (Å²) in [6.45, 7) is 8.86. The fourth-order valence-electron chi connectivity index (χ4n) is 3.62. The highest BCUT2D eigenvalue weighted by Crippen LogP contribution is 2.32. The molecule has 0 saturated carbocycles. The Morgan fingerprint density at radius 1 is 1.08 bits per heavy atom. The summed E-state index contributed by atoms with van der Waals surface area (Å²) in [5.74, 6) is 2.71. The number of hydrogen-bond acceptors (Lipinski definition) is 8. The van der Waals surface area contributed by atoms with E-state index in [4.69, 9.17) is 10.5 Å². The van der Waals surface area contributed by atoms with E-state index < -0.39 is 0 Å². The molecule has 0 amide bonds. The van der Waals surface area contributed by atoms with Crippen molar-refractivity contribution in [2.45, 2.75) is 40.8 Å². The molecule has 0 aliphatic rings. The van der Waals surface area contributed by atoms with Gasteiger partial charge in [-0.1, -0.05) is 36.4 Å². The fraction of sp³-hybridized carbons (Fsp3) is 0.321. The highest BCUT2D eigenvalue weighted by atomic mass is 16.5. The highest BCUT2D eigenvalue weighted by molar-refractivity contribution is 5.97. The third-order valence-electron chi connectivity index (χ3n) is 5.83. The predicted octanol–water partition coefficient (Wildman–Crippen LogP) is 5.20. The number of aryl methyl sites for hydroxylation is 1. The second kappa shape index (κ2) is 12.7. The van der Waals surface area contributed by atoms with E-state index in [-0.39, 0.29) is 11.6 Å². The van der Waals surface area contributed by atoms with Gasteiger partial charge >= 0.3 is 0 Å². The first-order valence-electron chi connectivity index (χ1n) is 12.2. The number of allylic oxidation sites excluding steroid dienone is 1. The Morgan fingerprint density at radius 3 is 2.54 bits per heavy atom. The van der Waals surface area contributed by atoms with Crippen molar-refractivity contribution < 1.29 is 9.84 Å². The molecule has 0 fully saturated rings. The van der Waals surface area contributed by atoms with Crippen molar-refractivity contribution in [1.82, 2.24) is 9.97 Å². The number of aliphatic hydroxyl groups is 1. The van der Waals surface area contributed by atoms with Gasteiger partial charge in [0.25, 0.3) is 0 Å². The number of nitrogens with one attached hydrogen (secondary N) is 2.